The minimum atomic E-state index is -3.76. The molecule has 1 aromatic carbocycles. The van der Waals surface area contributed by atoms with Crippen molar-refractivity contribution in [3.8, 4) is 0 Å². The monoisotopic (exact) mass is 407 g/mol. The van der Waals surface area contributed by atoms with Crippen molar-refractivity contribution < 1.29 is 13.2 Å². The molecule has 144 valence electrons. The number of hydrogen-bond donors (Lipinski definition) is 1. The van der Waals surface area contributed by atoms with Crippen molar-refractivity contribution in [3.63, 3.8) is 0 Å². The molecule has 1 aliphatic rings. The van der Waals surface area contributed by atoms with Crippen LogP contribution in [0.25, 0.3) is 0 Å². The molecule has 0 bridgehead atoms. The Morgan fingerprint density at radius 2 is 2.11 bits per heavy atom. The second-order valence-corrected chi connectivity index (χ2v) is 9.19. The zero-order valence-electron chi connectivity index (χ0n) is 15.3. The minimum Gasteiger partial charge on any atom is -0.306 e. The predicted molar refractivity (Wildman–Crippen MR) is 106 cm³/mol. The Labute approximate surface area is 164 Å². The topological polar surface area (TPSA) is 79.4 Å². The zero-order chi connectivity index (χ0) is 19.6. The quantitative estimate of drug-likeness (QED) is 0.837. The van der Waals surface area contributed by atoms with Crippen molar-refractivity contribution in [2.24, 2.45) is 5.92 Å². The van der Waals surface area contributed by atoms with E-state index in [1.54, 1.807) is 12.3 Å². The third-order valence-electron chi connectivity index (χ3n) is 4.67. The molecule has 8 heteroatoms. The predicted octanol–water partition coefficient (Wildman–Crippen LogP) is 3.72. The van der Waals surface area contributed by atoms with Gasteiger partial charge in [-0.15, -0.1) is 0 Å². The molecule has 0 aliphatic carbocycles. The number of amides is 1. The molecule has 27 heavy (non-hydrogen) atoms. The van der Waals surface area contributed by atoms with E-state index < -0.39 is 15.9 Å². The summed E-state index contributed by atoms with van der Waals surface area (Å²) >= 11 is 6.18. The van der Waals surface area contributed by atoms with Crippen LogP contribution >= 0.6 is 11.6 Å². The van der Waals surface area contributed by atoms with Gasteiger partial charge in [-0.05, 0) is 55.5 Å². The first-order valence-electron chi connectivity index (χ1n) is 8.81. The molecule has 1 aliphatic heterocycles. The van der Waals surface area contributed by atoms with Crippen LogP contribution in [0.15, 0.2) is 41.4 Å². The highest BCUT2D eigenvalue weighted by atomic mass is 35.5. The Balaban J connectivity index is 1.90. The number of aromatic nitrogens is 1. The maximum absolute atomic E-state index is 13.0. The van der Waals surface area contributed by atoms with Crippen LogP contribution in [0.2, 0.25) is 5.02 Å². The highest BCUT2D eigenvalue weighted by molar-refractivity contribution is 7.89. The molecule has 1 N–H and O–H groups in total. The van der Waals surface area contributed by atoms with Crippen molar-refractivity contribution >= 4 is 33.3 Å². The van der Waals surface area contributed by atoms with Crippen molar-refractivity contribution in [1.82, 2.24) is 9.29 Å². The number of carbonyl (C=O) groups is 1. The molecule has 0 radical (unpaired) electrons. The van der Waals surface area contributed by atoms with Gasteiger partial charge in [0, 0.05) is 24.8 Å². The molecular formula is C19H22ClN3O3S. The summed E-state index contributed by atoms with van der Waals surface area (Å²) in [6.07, 6.45) is 3.40. The van der Waals surface area contributed by atoms with Gasteiger partial charge in [-0.3, -0.25) is 4.79 Å². The maximum Gasteiger partial charge on any atom is 0.256 e. The van der Waals surface area contributed by atoms with E-state index in [2.05, 4.69) is 10.3 Å². The van der Waals surface area contributed by atoms with E-state index >= 15 is 0 Å². The van der Waals surface area contributed by atoms with Gasteiger partial charge in [-0.25, -0.2) is 13.4 Å². The van der Waals surface area contributed by atoms with Crippen LogP contribution in [0.4, 0.5) is 5.82 Å². The molecule has 6 nitrogen and oxygen atoms in total. The standard InChI is InChI=1S/C19H22ClN3O3S/c1-13-5-4-10-23(12-13)27(25,26)17-11-15(7-8-16(17)20)19(24)22-18-14(2)6-3-9-21-18/h3,6-9,11,13H,4-5,10,12H2,1-2H3,(H,21,22,24). The summed E-state index contributed by atoms with van der Waals surface area (Å²) < 4.78 is 27.5. The van der Waals surface area contributed by atoms with E-state index in [0.29, 0.717) is 24.8 Å². The summed E-state index contributed by atoms with van der Waals surface area (Å²) in [7, 11) is -3.76. The van der Waals surface area contributed by atoms with Crippen molar-refractivity contribution in [2.75, 3.05) is 18.4 Å². The molecule has 1 fully saturated rings. The highest BCUT2D eigenvalue weighted by Crippen LogP contribution is 2.29. The van der Waals surface area contributed by atoms with E-state index in [0.717, 1.165) is 18.4 Å². The number of piperidine rings is 1. The number of nitrogens with one attached hydrogen (secondary N) is 1. The Morgan fingerprint density at radius 1 is 1.33 bits per heavy atom. The number of benzene rings is 1. The Hall–Kier alpha value is -1.96. The van der Waals surface area contributed by atoms with E-state index in [1.165, 1.54) is 22.5 Å². The second-order valence-electron chi connectivity index (χ2n) is 6.88. The zero-order valence-corrected chi connectivity index (χ0v) is 16.8. The summed E-state index contributed by atoms with van der Waals surface area (Å²) in [5, 5.41) is 2.82. The van der Waals surface area contributed by atoms with Crippen LogP contribution in [0.1, 0.15) is 35.7 Å². The number of aryl methyl sites for hydroxylation is 1. The van der Waals surface area contributed by atoms with Crippen LogP contribution < -0.4 is 5.32 Å². The summed E-state index contributed by atoms with van der Waals surface area (Å²) in [5.41, 5.74) is 1.03. The fraction of sp³-hybridized carbons (Fsp3) is 0.368. The molecule has 0 spiro atoms. The van der Waals surface area contributed by atoms with Gasteiger partial charge >= 0.3 is 0 Å². The minimum absolute atomic E-state index is 0.0383. The number of halogens is 1. The van der Waals surface area contributed by atoms with E-state index in [1.807, 2.05) is 19.9 Å². The van der Waals surface area contributed by atoms with Crippen molar-refractivity contribution in [3.05, 3.63) is 52.7 Å². The average molecular weight is 408 g/mol. The Morgan fingerprint density at radius 3 is 2.81 bits per heavy atom. The number of hydrogen-bond acceptors (Lipinski definition) is 4. The first-order chi connectivity index (χ1) is 12.8. The van der Waals surface area contributed by atoms with Gasteiger partial charge in [0.1, 0.15) is 10.7 Å². The van der Waals surface area contributed by atoms with Crippen LogP contribution in [0, 0.1) is 12.8 Å². The molecule has 1 unspecified atom stereocenters. The van der Waals surface area contributed by atoms with Crippen LogP contribution in [0.3, 0.4) is 0 Å². The van der Waals surface area contributed by atoms with Crippen LogP contribution in [0.5, 0.6) is 0 Å². The van der Waals surface area contributed by atoms with E-state index in [9.17, 15) is 13.2 Å². The molecule has 2 aromatic rings. The summed E-state index contributed by atoms with van der Waals surface area (Å²) in [5.74, 6) is 0.301. The van der Waals surface area contributed by atoms with Crippen molar-refractivity contribution in [1.29, 1.82) is 0 Å². The number of anilines is 1. The van der Waals surface area contributed by atoms with Gasteiger partial charge in [0.15, 0.2) is 0 Å². The smallest absolute Gasteiger partial charge is 0.256 e. The van der Waals surface area contributed by atoms with Gasteiger partial charge in [0.05, 0.1) is 5.02 Å². The van der Waals surface area contributed by atoms with Gasteiger partial charge < -0.3 is 5.32 Å². The average Bonchev–Trinajstić information content (AvgIpc) is 2.63. The fourth-order valence-corrected chi connectivity index (χ4v) is 5.24. The molecule has 3 rings (SSSR count). The number of rotatable bonds is 4. The molecular weight excluding hydrogens is 386 g/mol. The Kier molecular flexibility index (Phi) is 5.83. The second kappa shape index (κ2) is 7.96. The van der Waals surface area contributed by atoms with Crippen LogP contribution in [-0.2, 0) is 10.0 Å². The number of nitrogens with zero attached hydrogens (tertiary/aromatic N) is 2. The Bertz CT molecular complexity index is 962. The van der Waals surface area contributed by atoms with Gasteiger partial charge in [0.2, 0.25) is 10.0 Å². The lowest BCUT2D eigenvalue weighted by Crippen LogP contribution is -2.39. The number of sulfonamides is 1. The first-order valence-corrected chi connectivity index (χ1v) is 10.6. The summed E-state index contributed by atoms with van der Waals surface area (Å²) in [6.45, 7) is 4.79. The molecule has 1 aromatic heterocycles. The third kappa shape index (κ3) is 4.31. The molecule has 1 amide bonds. The van der Waals surface area contributed by atoms with Crippen LogP contribution in [-0.4, -0.2) is 36.7 Å². The lowest BCUT2D eigenvalue weighted by atomic mass is 10.0. The third-order valence-corrected chi connectivity index (χ3v) is 7.02. The highest BCUT2D eigenvalue weighted by Gasteiger charge is 2.31. The normalized spacial score (nSPS) is 18.3. The number of pyridine rings is 1. The lowest BCUT2D eigenvalue weighted by molar-refractivity contribution is 0.102. The lowest BCUT2D eigenvalue weighted by Gasteiger charge is -2.30. The summed E-state index contributed by atoms with van der Waals surface area (Å²) in [4.78, 5) is 16.7. The fourth-order valence-electron chi connectivity index (χ4n) is 3.14. The van der Waals surface area contributed by atoms with Gasteiger partial charge in [0.25, 0.3) is 5.91 Å². The van der Waals surface area contributed by atoms with Crippen molar-refractivity contribution in [2.45, 2.75) is 31.6 Å². The van der Waals surface area contributed by atoms with Gasteiger partial charge in [-0.2, -0.15) is 4.31 Å². The summed E-state index contributed by atoms with van der Waals surface area (Å²) in [6, 6.07) is 7.90. The number of carbonyl (C=O) groups excluding carboxylic acids is 1. The SMILES string of the molecule is Cc1cccnc1NC(=O)c1ccc(Cl)c(S(=O)(=O)N2CCCC(C)C2)c1. The maximum atomic E-state index is 13.0. The molecule has 2 heterocycles. The first kappa shape index (κ1) is 19.8. The van der Waals surface area contributed by atoms with E-state index in [-0.39, 0.29) is 15.5 Å². The van der Waals surface area contributed by atoms with E-state index in [4.69, 9.17) is 11.6 Å². The molecule has 1 saturated heterocycles. The van der Waals surface area contributed by atoms with Gasteiger partial charge in [-0.1, -0.05) is 24.6 Å². The largest absolute Gasteiger partial charge is 0.306 e. The molecule has 0 saturated carbocycles. The molecule has 1 atom stereocenters.